The molecule has 1 aromatic rings. The van der Waals surface area contributed by atoms with Gasteiger partial charge in [0.15, 0.2) is 0 Å². The van der Waals surface area contributed by atoms with Crippen molar-refractivity contribution in [2.45, 2.75) is 32.7 Å². The van der Waals surface area contributed by atoms with Gasteiger partial charge in [0.25, 0.3) is 5.91 Å². The number of benzene rings is 1. The lowest BCUT2D eigenvalue weighted by molar-refractivity contribution is 0.0913. The first kappa shape index (κ1) is 15.3. The summed E-state index contributed by atoms with van der Waals surface area (Å²) in [5.74, 6) is 0.503. The van der Waals surface area contributed by atoms with Crippen LogP contribution < -0.4 is 5.32 Å². The van der Waals surface area contributed by atoms with E-state index < -0.39 is 5.54 Å². The van der Waals surface area contributed by atoms with Gasteiger partial charge in [-0.3, -0.25) is 4.79 Å². The van der Waals surface area contributed by atoms with Crippen LogP contribution in [0.25, 0.3) is 0 Å². The zero-order valence-corrected chi connectivity index (χ0v) is 12.5. The lowest BCUT2D eigenvalue weighted by atomic mass is 9.99. The topological polar surface area (TPSA) is 29.1 Å². The minimum absolute atomic E-state index is 0.115. The number of carbonyl (C=O) groups excluding carboxylic acids is 1. The molecule has 0 saturated carbocycles. The second-order valence-electron chi connectivity index (χ2n) is 4.67. The maximum absolute atomic E-state index is 12.2. The van der Waals surface area contributed by atoms with E-state index >= 15 is 0 Å². The average Bonchev–Trinajstić information content (AvgIpc) is 2.36. The lowest BCUT2D eigenvalue weighted by Gasteiger charge is -2.29. The number of alkyl halides is 2. The van der Waals surface area contributed by atoms with Crippen molar-refractivity contribution in [1.29, 1.82) is 0 Å². The summed E-state index contributed by atoms with van der Waals surface area (Å²) in [6.45, 7) is 5.90. The Morgan fingerprint density at radius 2 is 1.89 bits per heavy atom. The Morgan fingerprint density at radius 1 is 1.28 bits per heavy atom. The molecule has 0 atom stereocenters. The molecule has 1 rings (SSSR count). The van der Waals surface area contributed by atoms with Crippen molar-refractivity contribution in [3.63, 3.8) is 0 Å². The summed E-state index contributed by atoms with van der Waals surface area (Å²) in [5.41, 5.74) is 2.24. The normalized spacial score (nSPS) is 11.4. The van der Waals surface area contributed by atoms with Crippen molar-refractivity contribution < 1.29 is 4.79 Å². The highest BCUT2D eigenvalue weighted by molar-refractivity contribution is 6.22. The van der Waals surface area contributed by atoms with Crippen LogP contribution >= 0.6 is 23.2 Å². The third-order valence-electron chi connectivity index (χ3n) is 3.19. The predicted molar refractivity (Wildman–Crippen MR) is 77.8 cm³/mol. The fraction of sp³-hybridized carbons (Fsp3) is 0.500. The first-order valence-corrected chi connectivity index (χ1v) is 7.06. The van der Waals surface area contributed by atoms with Gasteiger partial charge >= 0.3 is 0 Å². The quantitative estimate of drug-likeness (QED) is 0.823. The number of rotatable bonds is 5. The first-order chi connectivity index (χ1) is 8.48. The largest absolute Gasteiger partial charge is 0.344 e. The summed E-state index contributed by atoms with van der Waals surface area (Å²) in [6, 6.07) is 5.75. The molecule has 0 aromatic heterocycles. The second kappa shape index (κ2) is 6.44. The molecule has 1 amide bonds. The minimum atomic E-state index is -0.530. The zero-order chi connectivity index (χ0) is 13.8. The number of nitrogens with one attached hydrogen (secondary N) is 1. The Hall–Kier alpha value is -0.730. The van der Waals surface area contributed by atoms with Crippen LogP contribution in [0.3, 0.4) is 0 Å². The lowest BCUT2D eigenvalue weighted by Crippen LogP contribution is -2.51. The Morgan fingerprint density at radius 3 is 2.33 bits per heavy atom. The molecule has 0 fully saturated rings. The molecule has 0 unspecified atom stereocenters. The molecule has 0 aliphatic rings. The van der Waals surface area contributed by atoms with E-state index in [1.54, 1.807) is 0 Å². The highest BCUT2D eigenvalue weighted by Gasteiger charge is 2.28. The molecule has 100 valence electrons. The summed E-state index contributed by atoms with van der Waals surface area (Å²) < 4.78 is 0. The number of hydrogen-bond acceptors (Lipinski definition) is 1. The third-order valence-corrected chi connectivity index (χ3v) is 4.22. The van der Waals surface area contributed by atoms with E-state index in [0.717, 1.165) is 11.1 Å². The fourth-order valence-corrected chi connectivity index (χ4v) is 2.55. The first-order valence-electron chi connectivity index (χ1n) is 5.99. The number of carbonyl (C=O) groups is 1. The van der Waals surface area contributed by atoms with Gasteiger partial charge < -0.3 is 5.32 Å². The summed E-state index contributed by atoms with van der Waals surface area (Å²) >= 11 is 11.8. The van der Waals surface area contributed by atoms with E-state index in [1.807, 2.05) is 39.0 Å². The van der Waals surface area contributed by atoms with Crippen LogP contribution in [0.1, 0.15) is 34.8 Å². The van der Waals surface area contributed by atoms with Crippen molar-refractivity contribution in [2.75, 3.05) is 11.8 Å². The number of halogens is 2. The summed E-state index contributed by atoms with van der Waals surface area (Å²) in [5, 5.41) is 2.95. The van der Waals surface area contributed by atoms with E-state index in [0.29, 0.717) is 23.7 Å². The van der Waals surface area contributed by atoms with Crippen LogP contribution in [0.5, 0.6) is 0 Å². The Bertz CT molecular complexity index is 420. The van der Waals surface area contributed by atoms with Crippen LogP contribution in [0.4, 0.5) is 0 Å². The van der Waals surface area contributed by atoms with Crippen molar-refractivity contribution in [3.05, 3.63) is 34.9 Å². The van der Waals surface area contributed by atoms with Gasteiger partial charge in [-0.25, -0.2) is 0 Å². The molecular formula is C14H19Cl2NO. The van der Waals surface area contributed by atoms with Gasteiger partial charge in [-0.15, -0.1) is 23.2 Å². The molecule has 0 radical (unpaired) electrons. The van der Waals surface area contributed by atoms with Crippen LogP contribution in [0, 0.1) is 13.8 Å². The van der Waals surface area contributed by atoms with Crippen molar-refractivity contribution >= 4 is 29.1 Å². The minimum Gasteiger partial charge on any atom is -0.344 e. The van der Waals surface area contributed by atoms with Gasteiger partial charge in [-0.2, -0.15) is 0 Å². The van der Waals surface area contributed by atoms with E-state index in [1.165, 1.54) is 0 Å². The molecule has 0 spiro atoms. The standard InChI is InChI=1S/C14H19Cl2NO/c1-4-14(8-15,9-16)17-13(18)12-6-5-10(2)7-11(12)3/h5-7H,4,8-9H2,1-3H3,(H,17,18). The van der Waals surface area contributed by atoms with Crippen LogP contribution in [-0.2, 0) is 0 Å². The summed E-state index contributed by atoms with van der Waals surface area (Å²) in [7, 11) is 0. The Labute approximate surface area is 119 Å². The molecule has 18 heavy (non-hydrogen) atoms. The monoisotopic (exact) mass is 287 g/mol. The average molecular weight is 288 g/mol. The molecule has 1 N–H and O–H groups in total. The van der Waals surface area contributed by atoms with Gasteiger partial charge in [0.05, 0.1) is 5.54 Å². The fourth-order valence-electron chi connectivity index (χ4n) is 1.76. The Balaban J connectivity index is 2.94. The smallest absolute Gasteiger partial charge is 0.252 e. The van der Waals surface area contributed by atoms with Gasteiger partial charge in [0.2, 0.25) is 0 Å². The van der Waals surface area contributed by atoms with E-state index in [4.69, 9.17) is 23.2 Å². The maximum Gasteiger partial charge on any atom is 0.252 e. The SMILES string of the molecule is CCC(CCl)(CCl)NC(=O)c1ccc(C)cc1C. The van der Waals surface area contributed by atoms with E-state index in [2.05, 4.69) is 5.32 Å². The molecule has 1 aromatic carbocycles. The van der Waals surface area contributed by atoms with E-state index in [-0.39, 0.29) is 5.91 Å². The molecule has 0 aliphatic heterocycles. The molecule has 2 nitrogen and oxygen atoms in total. The molecule has 0 bridgehead atoms. The predicted octanol–water partition coefficient (Wildman–Crippen LogP) is 3.66. The second-order valence-corrected chi connectivity index (χ2v) is 5.21. The summed E-state index contributed by atoms with van der Waals surface area (Å²) in [4.78, 5) is 12.2. The van der Waals surface area contributed by atoms with E-state index in [9.17, 15) is 4.79 Å². The third kappa shape index (κ3) is 3.39. The van der Waals surface area contributed by atoms with Crippen molar-refractivity contribution in [2.24, 2.45) is 0 Å². The summed E-state index contributed by atoms with van der Waals surface area (Å²) in [6.07, 6.45) is 0.705. The zero-order valence-electron chi connectivity index (χ0n) is 11.0. The van der Waals surface area contributed by atoms with Gasteiger partial charge in [0.1, 0.15) is 0 Å². The van der Waals surface area contributed by atoms with Crippen molar-refractivity contribution in [1.82, 2.24) is 5.32 Å². The van der Waals surface area contributed by atoms with Gasteiger partial charge in [-0.1, -0.05) is 24.6 Å². The number of hydrogen-bond donors (Lipinski definition) is 1. The molecule has 0 saturated heterocycles. The van der Waals surface area contributed by atoms with Crippen molar-refractivity contribution in [3.8, 4) is 0 Å². The highest BCUT2D eigenvalue weighted by atomic mass is 35.5. The molecule has 0 aliphatic carbocycles. The highest BCUT2D eigenvalue weighted by Crippen LogP contribution is 2.17. The molecular weight excluding hydrogens is 269 g/mol. The van der Waals surface area contributed by atoms with Crippen LogP contribution in [-0.4, -0.2) is 23.2 Å². The number of amides is 1. The van der Waals surface area contributed by atoms with Crippen LogP contribution in [0.2, 0.25) is 0 Å². The molecule has 4 heteroatoms. The number of aryl methyl sites for hydroxylation is 2. The van der Waals surface area contributed by atoms with Gasteiger partial charge in [-0.05, 0) is 31.9 Å². The van der Waals surface area contributed by atoms with Crippen LogP contribution in [0.15, 0.2) is 18.2 Å². The molecule has 0 heterocycles. The van der Waals surface area contributed by atoms with Gasteiger partial charge in [0, 0.05) is 17.3 Å². The Kier molecular flexibility index (Phi) is 5.48. The maximum atomic E-state index is 12.2.